The van der Waals surface area contributed by atoms with Crippen molar-refractivity contribution in [3.05, 3.63) is 77.9 Å². The summed E-state index contributed by atoms with van der Waals surface area (Å²) in [6, 6.07) is 21.7. The van der Waals surface area contributed by atoms with E-state index in [1.54, 1.807) is 6.21 Å². The maximum atomic E-state index is 10.7. The van der Waals surface area contributed by atoms with Crippen molar-refractivity contribution < 1.29 is 9.84 Å². The average molecular weight is 373 g/mol. The van der Waals surface area contributed by atoms with Crippen LogP contribution in [0.3, 0.4) is 0 Å². The Hall–Kier alpha value is -3.07. The zero-order chi connectivity index (χ0) is 20.1. The average Bonchev–Trinajstić information content (AvgIpc) is 2.67. The lowest BCUT2D eigenvalue weighted by Gasteiger charge is -2.21. The molecule has 0 bridgehead atoms. The highest BCUT2D eigenvalue weighted by Crippen LogP contribution is 2.37. The van der Waals surface area contributed by atoms with Crippen molar-refractivity contribution >= 4 is 11.9 Å². The minimum atomic E-state index is -0.137. The molecule has 3 nitrogen and oxygen atoms in total. The third kappa shape index (κ3) is 4.25. The molecule has 0 aliphatic carbocycles. The highest BCUT2D eigenvalue weighted by Gasteiger charge is 2.19. The van der Waals surface area contributed by atoms with Crippen LogP contribution in [-0.4, -0.2) is 17.9 Å². The van der Waals surface area contributed by atoms with Gasteiger partial charge in [0.1, 0.15) is 11.5 Å². The summed E-state index contributed by atoms with van der Waals surface area (Å²) in [5.74, 6) is 1.12. The molecule has 0 aliphatic rings. The first-order chi connectivity index (χ1) is 13.4. The highest BCUT2D eigenvalue weighted by atomic mass is 16.5. The lowest BCUT2D eigenvalue weighted by molar-refractivity contribution is 0.341. The fraction of sp³-hybridized carbons (Fsp3) is 0.240. The van der Waals surface area contributed by atoms with Gasteiger partial charge in [0.25, 0.3) is 0 Å². The van der Waals surface area contributed by atoms with Crippen molar-refractivity contribution in [1.29, 1.82) is 0 Å². The van der Waals surface area contributed by atoms with E-state index in [1.807, 2.05) is 73.7 Å². The summed E-state index contributed by atoms with van der Waals surface area (Å²) in [6.45, 7) is 8.84. The van der Waals surface area contributed by atoms with Gasteiger partial charge in [-0.05, 0) is 36.1 Å². The molecule has 0 unspecified atom stereocenters. The highest BCUT2D eigenvalue weighted by molar-refractivity contribution is 5.89. The van der Waals surface area contributed by atoms with E-state index in [9.17, 15) is 5.11 Å². The molecule has 28 heavy (non-hydrogen) atoms. The second-order valence-corrected chi connectivity index (χ2v) is 7.70. The molecule has 0 radical (unpaired) electrons. The maximum absolute atomic E-state index is 10.7. The number of rotatable bonds is 5. The lowest BCUT2D eigenvalue weighted by atomic mass is 9.85. The van der Waals surface area contributed by atoms with Crippen molar-refractivity contribution in [2.24, 2.45) is 4.99 Å². The quantitative estimate of drug-likeness (QED) is 0.518. The monoisotopic (exact) mass is 373 g/mol. The minimum absolute atomic E-state index is 0.137. The molecule has 144 valence electrons. The van der Waals surface area contributed by atoms with Crippen LogP contribution in [0.25, 0.3) is 11.1 Å². The molecule has 1 N–H and O–H groups in total. The van der Waals surface area contributed by atoms with E-state index in [-0.39, 0.29) is 11.2 Å². The maximum Gasteiger partial charge on any atom is 0.128 e. The van der Waals surface area contributed by atoms with Crippen molar-refractivity contribution in [2.75, 3.05) is 6.61 Å². The third-order valence-electron chi connectivity index (χ3n) is 4.60. The number of phenols is 1. The Bertz CT molecular complexity index is 984. The molecule has 3 aromatic carbocycles. The van der Waals surface area contributed by atoms with Crippen LogP contribution in [0.1, 0.15) is 38.8 Å². The smallest absolute Gasteiger partial charge is 0.128 e. The Morgan fingerprint density at radius 3 is 2.29 bits per heavy atom. The van der Waals surface area contributed by atoms with E-state index in [1.165, 1.54) is 0 Å². The van der Waals surface area contributed by atoms with Gasteiger partial charge in [-0.25, -0.2) is 0 Å². The Kier molecular flexibility index (Phi) is 5.84. The van der Waals surface area contributed by atoms with E-state index in [4.69, 9.17) is 9.73 Å². The number of aromatic hydroxyl groups is 1. The van der Waals surface area contributed by atoms with E-state index in [0.29, 0.717) is 12.2 Å². The molecule has 3 aromatic rings. The Labute approximate surface area is 167 Å². The molecule has 0 spiro atoms. The largest absolute Gasteiger partial charge is 0.507 e. The van der Waals surface area contributed by atoms with E-state index < -0.39 is 0 Å². The van der Waals surface area contributed by atoms with Gasteiger partial charge >= 0.3 is 0 Å². The van der Waals surface area contributed by atoms with Crippen molar-refractivity contribution in [1.82, 2.24) is 0 Å². The summed E-state index contributed by atoms with van der Waals surface area (Å²) in [4.78, 5) is 4.70. The van der Waals surface area contributed by atoms with Gasteiger partial charge < -0.3 is 9.84 Å². The molecule has 3 heteroatoms. The van der Waals surface area contributed by atoms with Gasteiger partial charge in [-0.1, -0.05) is 69.3 Å². The summed E-state index contributed by atoms with van der Waals surface area (Å²) in [5.41, 5.74) is 4.31. The number of phenolic OH excluding ortho intramolecular Hbond substituents is 1. The summed E-state index contributed by atoms with van der Waals surface area (Å²) in [7, 11) is 0. The number of hydrogen-bond donors (Lipinski definition) is 1. The molecular weight excluding hydrogens is 346 g/mol. The Morgan fingerprint density at radius 2 is 1.57 bits per heavy atom. The predicted molar refractivity (Wildman–Crippen MR) is 117 cm³/mol. The first-order valence-electron chi connectivity index (χ1n) is 9.59. The first-order valence-corrected chi connectivity index (χ1v) is 9.59. The van der Waals surface area contributed by atoms with Gasteiger partial charge in [-0.3, -0.25) is 4.99 Å². The van der Waals surface area contributed by atoms with Crippen molar-refractivity contribution in [2.45, 2.75) is 33.1 Å². The van der Waals surface area contributed by atoms with Crippen LogP contribution >= 0.6 is 0 Å². The molecule has 0 amide bonds. The predicted octanol–water partition coefficient (Wildman–Crippen LogP) is 6.51. The molecule has 0 heterocycles. The van der Waals surface area contributed by atoms with Crippen LogP contribution in [0.2, 0.25) is 0 Å². The van der Waals surface area contributed by atoms with E-state index in [0.717, 1.165) is 28.1 Å². The van der Waals surface area contributed by atoms with Gasteiger partial charge in [0.2, 0.25) is 0 Å². The number of benzene rings is 3. The summed E-state index contributed by atoms with van der Waals surface area (Å²) in [5, 5.41) is 10.7. The molecular formula is C25H27NO2. The normalized spacial score (nSPS) is 11.7. The van der Waals surface area contributed by atoms with Crippen LogP contribution in [0.4, 0.5) is 5.69 Å². The van der Waals surface area contributed by atoms with Crippen LogP contribution < -0.4 is 4.74 Å². The van der Waals surface area contributed by atoms with Crippen LogP contribution in [0, 0.1) is 0 Å². The summed E-state index contributed by atoms with van der Waals surface area (Å²) >= 11 is 0. The Balaban J connectivity index is 2.02. The summed E-state index contributed by atoms with van der Waals surface area (Å²) in [6.07, 6.45) is 1.73. The second-order valence-electron chi connectivity index (χ2n) is 7.70. The SMILES string of the molecule is CCOc1ccccc1-c1ccccc1N=Cc1cccc(C(C)(C)C)c1O. The number of aliphatic imine (C=N–C) groups is 1. The molecule has 0 saturated carbocycles. The van der Waals surface area contributed by atoms with Gasteiger partial charge in [0.15, 0.2) is 0 Å². The van der Waals surface area contributed by atoms with Gasteiger partial charge in [0.05, 0.1) is 12.3 Å². The second kappa shape index (κ2) is 8.30. The van der Waals surface area contributed by atoms with Crippen molar-refractivity contribution in [3.8, 4) is 22.6 Å². The molecule has 0 aromatic heterocycles. The minimum Gasteiger partial charge on any atom is -0.507 e. The number of para-hydroxylation sites is 3. The summed E-state index contributed by atoms with van der Waals surface area (Å²) < 4.78 is 5.79. The van der Waals surface area contributed by atoms with Gasteiger partial charge in [-0.2, -0.15) is 0 Å². The zero-order valence-electron chi connectivity index (χ0n) is 16.9. The fourth-order valence-electron chi connectivity index (χ4n) is 3.19. The first kappa shape index (κ1) is 19.7. The van der Waals surface area contributed by atoms with E-state index in [2.05, 4.69) is 20.8 Å². The standard InChI is InChI=1S/C25H27NO2/c1-5-28-23-16-9-7-13-20(23)19-12-6-8-15-22(19)26-17-18-11-10-14-21(24(18)27)25(2,3)4/h6-17,27H,5H2,1-4H3. The van der Waals surface area contributed by atoms with Crippen LogP contribution in [0.5, 0.6) is 11.5 Å². The molecule has 0 atom stereocenters. The number of hydrogen-bond acceptors (Lipinski definition) is 3. The number of ether oxygens (including phenoxy) is 1. The Morgan fingerprint density at radius 1 is 0.893 bits per heavy atom. The topological polar surface area (TPSA) is 41.8 Å². The molecule has 0 saturated heterocycles. The lowest BCUT2D eigenvalue weighted by Crippen LogP contribution is -2.11. The van der Waals surface area contributed by atoms with Crippen LogP contribution in [0.15, 0.2) is 71.7 Å². The molecule has 0 fully saturated rings. The fourth-order valence-corrected chi connectivity index (χ4v) is 3.19. The van der Waals surface area contributed by atoms with Crippen molar-refractivity contribution in [3.63, 3.8) is 0 Å². The molecule has 0 aliphatic heterocycles. The number of nitrogens with zero attached hydrogens (tertiary/aromatic N) is 1. The van der Waals surface area contributed by atoms with Crippen LogP contribution in [-0.2, 0) is 5.41 Å². The van der Waals surface area contributed by atoms with E-state index >= 15 is 0 Å². The third-order valence-corrected chi connectivity index (χ3v) is 4.60. The molecule has 3 rings (SSSR count). The van der Waals surface area contributed by atoms with Gasteiger partial charge in [0, 0.05) is 22.9 Å². The van der Waals surface area contributed by atoms with Gasteiger partial charge in [-0.15, -0.1) is 0 Å². The zero-order valence-corrected chi connectivity index (χ0v) is 16.9.